The van der Waals surface area contributed by atoms with Crippen LogP contribution in [-0.4, -0.2) is 62.8 Å². The Kier molecular flexibility index (Phi) is 5.69. The molecule has 144 valence electrons. The lowest BCUT2D eigenvalue weighted by Crippen LogP contribution is -2.55. The maximum atomic E-state index is 12.9. The van der Waals surface area contributed by atoms with Gasteiger partial charge in [-0.3, -0.25) is 4.79 Å². The molecule has 0 saturated carbocycles. The third-order valence-corrected chi connectivity index (χ3v) is 7.56. The molecule has 7 heteroatoms. The van der Waals surface area contributed by atoms with Gasteiger partial charge in [0, 0.05) is 32.1 Å². The molecule has 1 amide bonds. The number of rotatable bonds is 5. The van der Waals surface area contributed by atoms with Gasteiger partial charge < -0.3 is 10.2 Å². The van der Waals surface area contributed by atoms with E-state index in [2.05, 4.69) is 19.2 Å². The monoisotopic (exact) mass is 379 g/mol. The van der Waals surface area contributed by atoms with Crippen molar-refractivity contribution < 1.29 is 13.2 Å². The molecular formula is C19H29N3O3S. The van der Waals surface area contributed by atoms with Crippen molar-refractivity contribution in [2.24, 2.45) is 11.8 Å². The summed E-state index contributed by atoms with van der Waals surface area (Å²) in [6.45, 7) is 9.58. The number of hydrogen-bond acceptors (Lipinski definition) is 4. The molecule has 2 heterocycles. The van der Waals surface area contributed by atoms with Crippen LogP contribution < -0.4 is 5.32 Å². The Hall–Kier alpha value is -1.44. The van der Waals surface area contributed by atoms with Crippen molar-refractivity contribution in [3.05, 3.63) is 29.8 Å². The fourth-order valence-electron chi connectivity index (χ4n) is 3.48. The van der Waals surface area contributed by atoms with Crippen molar-refractivity contribution in [1.82, 2.24) is 14.5 Å². The van der Waals surface area contributed by atoms with E-state index in [9.17, 15) is 13.2 Å². The number of nitrogens with one attached hydrogen (secondary N) is 1. The van der Waals surface area contributed by atoms with Crippen LogP contribution in [-0.2, 0) is 14.8 Å². The summed E-state index contributed by atoms with van der Waals surface area (Å²) in [7, 11) is -3.50. The van der Waals surface area contributed by atoms with Crippen LogP contribution in [0, 0.1) is 11.8 Å². The molecular weight excluding hydrogens is 350 g/mol. The van der Waals surface area contributed by atoms with Crippen molar-refractivity contribution in [3.63, 3.8) is 0 Å². The van der Waals surface area contributed by atoms with E-state index in [1.165, 1.54) is 4.31 Å². The lowest BCUT2D eigenvalue weighted by atomic mass is 9.88. The lowest BCUT2D eigenvalue weighted by Gasteiger charge is -2.38. The highest BCUT2D eigenvalue weighted by Crippen LogP contribution is 2.23. The van der Waals surface area contributed by atoms with E-state index in [4.69, 9.17) is 0 Å². The number of hydrogen-bond donors (Lipinski definition) is 1. The third-order valence-electron chi connectivity index (χ3n) is 5.64. The predicted octanol–water partition coefficient (Wildman–Crippen LogP) is 1.50. The normalized spacial score (nSPS) is 20.8. The van der Waals surface area contributed by atoms with Crippen molar-refractivity contribution in [3.8, 4) is 0 Å². The van der Waals surface area contributed by atoms with E-state index in [1.54, 1.807) is 12.1 Å². The van der Waals surface area contributed by atoms with Crippen LogP contribution in [0.2, 0.25) is 0 Å². The molecule has 0 aliphatic carbocycles. The average Bonchev–Trinajstić information content (AvgIpc) is 2.59. The van der Waals surface area contributed by atoms with Gasteiger partial charge in [0.2, 0.25) is 15.9 Å². The van der Waals surface area contributed by atoms with E-state index in [1.807, 2.05) is 24.0 Å². The molecule has 0 radical (unpaired) electrons. The minimum absolute atomic E-state index is 0.00276. The molecule has 0 spiro atoms. The van der Waals surface area contributed by atoms with Gasteiger partial charge in [-0.05, 0) is 42.6 Å². The van der Waals surface area contributed by atoms with Crippen LogP contribution in [0.5, 0.6) is 0 Å². The van der Waals surface area contributed by atoms with Gasteiger partial charge in [-0.1, -0.05) is 32.9 Å². The molecule has 0 aromatic heterocycles. The summed E-state index contributed by atoms with van der Waals surface area (Å²) in [6, 6.07) is 7.14. The Bertz CT molecular complexity index is 734. The number of benzene rings is 1. The van der Waals surface area contributed by atoms with E-state index in [-0.39, 0.29) is 11.8 Å². The maximum absolute atomic E-state index is 12.9. The van der Waals surface area contributed by atoms with E-state index in [0.29, 0.717) is 42.9 Å². The summed E-state index contributed by atoms with van der Waals surface area (Å²) < 4.78 is 27.2. The average molecular weight is 380 g/mol. The molecule has 3 rings (SSSR count). The number of carbonyl (C=O) groups is 1. The summed E-state index contributed by atoms with van der Waals surface area (Å²) in [4.78, 5) is 14.7. The van der Waals surface area contributed by atoms with Crippen molar-refractivity contribution >= 4 is 15.9 Å². The minimum Gasteiger partial charge on any atom is -0.340 e. The van der Waals surface area contributed by atoms with Crippen LogP contribution in [0.3, 0.4) is 0 Å². The highest BCUT2D eigenvalue weighted by atomic mass is 32.2. The van der Waals surface area contributed by atoms with Crippen LogP contribution in [0.1, 0.15) is 32.3 Å². The zero-order valence-corrected chi connectivity index (χ0v) is 16.6. The zero-order valence-electron chi connectivity index (χ0n) is 15.8. The highest BCUT2D eigenvalue weighted by molar-refractivity contribution is 7.89. The lowest BCUT2D eigenvalue weighted by molar-refractivity contribution is -0.138. The van der Waals surface area contributed by atoms with Crippen LogP contribution >= 0.6 is 0 Å². The van der Waals surface area contributed by atoms with Gasteiger partial charge in [-0.15, -0.1) is 0 Å². The van der Waals surface area contributed by atoms with Gasteiger partial charge in [0.25, 0.3) is 0 Å². The zero-order chi connectivity index (χ0) is 18.9. The van der Waals surface area contributed by atoms with Gasteiger partial charge >= 0.3 is 0 Å². The molecule has 0 bridgehead atoms. The molecule has 2 saturated heterocycles. The summed E-state index contributed by atoms with van der Waals surface area (Å²) in [5.41, 5.74) is 1.12. The predicted molar refractivity (Wildman–Crippen MR) is 101 cm³/mol. The fourth-order valence-corrected chi connectivity index (χ4v) is 4.90. The van der Waals surface area contributed by atoms with E-state index in [0.717, 1.165) is 18.7 Å². The molecule has 26 heavy (non-hydrogen) atoms. The van der Waals surface area contributed by atoms with Crippen LogP contribution in [0.25, 0.3) is 0 Å². The first-order chi connectivity index (χ1) is 12.3. The van der Waals surface area contributed by atoms with Crippen LogP contribution in [0.4, 0.5) is 0 Å². The number of piperazine rings is 1. The second-order valence-corrected chi connectivity index (χ2v) is 9.60. The first-order valence-electron chi connectivity index (χ1n) is 9.40. The number of amides is 1. The Balaban J connectivity index is 1.62. The van der Waals surface area contributed by atoms with Crippen LogP contribution in [0.15, 0.2) is 29.2 Å². The number of nitrogens with zero attached hydrogens (tertiary/aromatic N) is 2. The van der Waals surface area contributed by atoms with E-state index < -0.39 is 10.0 Å². The Labute approximate surface area is 156 Å². The summed E-state index contributed by atoms with van der Waals surface area (Å²) >= 11 is 0. The molecule has 1 unspecified atom stereocenters. The number of carbonyl (C=O) groups excluding carboxylic acids is 1. The van der Waals surface area contributed by atoms with Crippen molar-refractivity contribution in [2.45, 2.75) is 31.6 Å². The highest BCUT2D eigenvalue weighted by Gasteiger charge is 2.35. The van der Waals surface area contributed by atoms with Gasteiger partial charge in [0.15, 0.2) is 0 Å². The molecule has 6 nitrogen and oxygen atoms in total. The summed E-state index contributed by atoms with van der Waals surface area (Å²) in [6.07, 6.45) is 0. The minimum atomic E-state index is -3.50. The number of sulfonamides is 1. The topological polar surface area (TPSA) is 69.7 Å². The molecule has 1 aromatic rings. The second-order valence-electron chi connectivity index (χ2n) is 7.66. The molecule has 1 atom stereocenters. The Morgan fingerprint density at radius 3 is 2.08 bits per heavy atom. The smallest absolute Gasteiger partial charge is 0.243 e. The standard InChI is InChI=1S/C19H29N3O3S/c1-14(2)16-4-6-18(7-5-16)26(24,25)22-10-8-21(9-11-22)19(23)15(3)17-12-20-13-17/h4-7,14-15,17,20H,8-13H2,1-3H3. The first kappa shape index (κ1) is 19.3. The van der Waals surface area contributed by atoms with E-state index >= 15 is 0 Å². The molecule has 2 aliphatic heterocycles. The maximum Gasteiger partial charge on any atom is 0.243 e. The molecule has 2 fully saturated rings. The molecule has 1 N–H and O–H groups in total. The SMILES string of the molecule is CC(C)c1ccc(S(=O)(=O)N2CCN(C(=O)C(C)C3CNC3)CC2)cc1. The summed E-state index contributed by atoms with van der Waals surface area (Å²) in [5, 5.41) is 3.20. The Morgan fingerprint density at radius 2 is 1.62 bits per heavy atom. The molecule has 1 aromatic carbocycles. The largest absolute Gasteiger partial charge is 0.340 e. The van der Waals surface area contributed by atoms with Gasteiger partial charge in [0.1, 0.15) is 0 Å². The first-order valence-corrected chi connectivity index (χ1v) is 10.8. The van der Waals surface area contributed by atoms with Crippen molar-refractivity contribution in [2.75, 3.05) is 39.3 Å². The molecule has 2 aliphatic rings. The van der Waals surface area contributed by atoms with Gasteiger partial charge in [-0.2, -0.15) is 4.31 Å². The quantitative estimate of drug-likeness (QED) is 0.842. The van der Waals surface area contributed by atoms with Gasteiger partial charge in [-0.25, -0.2) is 8.42 Å². The third kappa shape index (κ3) is 3.80. The second kappa shape index (κ2) is 7.66. The Morgan fingerprint density at radius 1 is 1.04 bits per heavy atom. The summed E-state index contributed by atoms with van der Waals surface area (Å²) in [5.74, 6) is 0.927. The van der Waals surface area contributed by atoms with Crippen molar-refractivity contribution in [1.29, 1.82) is 0 Å². The fraction of sp³-hybridized carbons (Fsp3) is 0.632. The van der Waals surface area contributed by atoms with Gasteiger partial charge in [0.05, 0.1) is 4.90 Å².